The summed E-state index contributed by atoms with van der Waals surface area (Å²) >= 11 is 0. The van der Waals surface area contributed by atoms with Crippen LogP contribution >= 0.6 is 0 Å². The molecule has 0 saturated carbocycles. The second-order valence-corrected chi connectivity index (χ2v) is 4.66. The van der Waals surface area contributed by atoms with Gasteiger partial charge in [-0.2, -0.15) is 0 Å². The van der Waals surface area contributed by atoms with Crippen molar-refractivity contribution in [1.29, 1.82) is 0 Å². The normalized spacial score (nSPS) is 11.9. The van der Waals surface area contributed by atoms with E-state index >= 15 is 0 Å². The summed E-state index contributed by atoms with van der Waals surface area (Å²) in [5.41, 5.74) is 1.91. The van der Waals surface area contributed by atoms with Gasteiger partial charge in [-0.1, -0.05) is 30.3 Å². The maximum atomic E-state index is 11.8. The minimum absolute atomic E-state index is 0.136. The fourth-order valence-electron chi connectivity index (χ4n) is 1.98. The van der Waals surface area contributed by atoms with E-state index in [1.165, 1.54) is 0 Å². The minimum Gasteiger partial charge on any atom is -0.394 e. The van der Waals surface area contributed by atoms with Gasteiger partial charge in [-0.3, -0.25) is 0 Å². The SMILES string of the molecule is Cn1ccc(CNC(=O)NC(CO)c2ccccc2)c1. The fraction of sp³-hybridized carbons (Fsp3) is 0.267. The number of aryl methyl sites for hydroxylation is 1. The Kier molecular flexibility index (Phi) is 4.79. The number of hydrogen-bond donors (Lipinski definition) is 3. The average Bonchev–Trinajstić information content (AvgIpc) is 2.89. The summed E-state index contributed by atoms with van der Waals surface area (Å²) in [6.07, 6.45) is 3.87. The van der Waals surface area contributed by atoms with Crippen LogP contribution in [0, 0.1) is 0 Å². The van der Waals surface area contributed by atoms with Gasteiger partial charge in [0.15, 0.2) is 0 Å². The average molecular weight is 273 g/mol. The monoisotopic (exact) mass is 273 g/mol. The van der Waals surface area contributed by atoms with Crippen LogP contribution in [-0.2, 0) is 13.6 Å². The number of aliphatic hydroxyl groups is 1. The topological polar surface area (TPSA) is 66.3 Å². The Labute approximate surface area is 118 Å². The van der Waals surface area contributed by atoms with Gasteiger partial charge in [-0.25, -0.2) is 4.79 Å². The summed E-state index contributed by atoms with van der Waals surface area (Å²) in [4.78, 5) is 11.8. The molecule has 1 aromatic carbocycles. The summed E-state index contributed by atoms with van der Waals surface area (Å²) in [7, 11) is 1.93. The van der Waals surface area contributed by atoms with Crippen molar-refractivity contribution >= 4 is 6.03 Å². The van der Waals surface area contributed by atoms with E-state index in [-0.39, 0.29) is 12.6 Å². The van der Waals surface area contributed by atoms with Gasteiger partial charge in [-0.15, -0.1) is 0 Å². The Balaban J connectivity index is 1.86. The molecule has 106 valence electrons. The molecule has 5 heteroatoms. The predicted molar refractivity (Wildman–Crippen MR) is 77.1 cm³/mol. The molecular formula is C15H19N3O2. The summed E-state index contributed by atoms with van der Waals surface area (Å²) in [5.74, 6) is 0. The Morgan fingerprint density at radius 3 is 2.65 bits per heavy atom. The highest BCUT2D eigenvalue weighted by molar-refractivity contribution is 5.74. The van der Waals surface area contributed by atoms with E-state index in [0.29, 0.717) is 6.54 Å². The van der Waals surface area contributed by atoms with Crippen molar-refractivity contribution in [3.8, 4) is 0 Å². The fourth-order valence-corrected chi connectivity index (χ4v) is 1.98. The van der Waals surface area contributed by atoms with Gasteiger partial charge in [0.05, 0.1) is 12.6 Å². The molecule has 3 N–H and O–H groups in total. The quantitative estimate of drug-likeness (QED) is 0.774. The van der Waals surface area contributed by atoms with Crippen LogP contribution in [-0.4, -0.2) is 22.3 Å². The largest absolute Gasteiger partial charge is 0.394 e. The number of carbonyl (C=O) groups is 1. The molecule has 5 nitrogen and oxygen atoms in total. The first-order chi connectivity index (χ1) is 9.69. The van der Waals surface area contributed by atoms with Gasteiger partial charge < -0.3 is 20.3 Å². The van der Waals surface area contributed by atoms with Crippen LogP contribution in [0.4, 0.5) is 4.79 Å². The Morgan fingerprint density at radius 2 is 2.05 bits per heavy atom. The van der Waals surface area contributed by atoms with Crippen LogP contribution in [0.1, 0.15) is 17.2 Å². The number of amides is 2. The van der Waals surface area contributed by atoms with Gasteiger partial charge in [0.2, 0.25) is 0 Å². The molecule has 0 aliphatic carbocycles. The highest BCUT2D eigenvalue weighted by atomic mass is 16.3. The number of hydrogen-bond acceptors (Lipinski definition) is 2. The highest BCUT2D eigenvalue weighted by Crippen LogP contribution is 2.11. The maximum Gasteiger partial charge on any atom is 0.315 e. The zero-order chi connectivity index (χ0) is 14.4. The third kappa shape index (κ3) is 3.86. The molecule has 0 bridgehead atoms. The van der Waals surface area contributed by atoms with Crippen LogP contribution in [0.2, 0.25) is 0 Å². The lowest BCUT2D eigenvalue weighted by Gasteiger charge is -2.17. The molecule has 1 atom stereocenters. The van der Waals surface area contributed by atoms with E-state index in [9.17, 15) is 9.90 Å². The minimum atomic E-state index is -0.396. The maximum absolute atomic E-state index is 11.8. The summed E-state index contributed by atoms with van der Waals surface area (Å²) in [6.45, 7) is 0.322. The zero-order valence-electron chi connectivity index (χ0n) is 11.4. The highest BCUT2D eigenvalue weighted by Gasteiger charge is 2.12. The second kappa shape index (κ2) is 6.77. The number of urea groups is 1. The zero-order valence-corrected chi connectivity index (χ0v) is 11.4. The molecule has 0 fully saturated rings. The Bertz CT molecular complexity index is 551. The van der Waals surface area contributed by atoms with Crippen molar-refractivity contribution in [2.24, 2.45) is 7.05 Å². The van der Waals surface area contributed by atoms with E-state index in [0.717, 1.165) is 11.1 Å². The molecule has 1 aromatic heterocycles. The number of rotatable bonds is 5. The summed E-state index contributed by atoms with van der Waals surface area (Å²) in [6, 6.07) is 10.7. The van der Waals surface area contributed by atoms with Gasteiger partial charge >= 0.3 is 6.03 Å². The van der Waals surface area contributed by atoms with Crippen LogP contribution in [0.3, 0.4) is 0 Å². The van der Waals surface area contributed by atoms with Crippen molar-refractivity contribution in [3.63, 3.8) is 0 Å². The van der Waals surface area contributed by atoms with E-state index in [1.807, 2.05) is 60.4 Å². The Hall–Kier alpha value is -2.27. The van der Waals surface area contributed by atoms with Crippen LogP contribution < -0.4 is 10.6 Å². The smallest absolute Gasteiger partial charge is 0.315 e. The van der Waals surface area contributed by atoms with Gasteiger partial charge in [0.1, 0.15) is 0 Å². The van der Waals surface area contributed by atoms with Crippen LogP contribution in [0.15, 0.2) is 48.8 Å². The lowest BCUT2D eigenvalue weighted by Crippen LogP contribution is -2.38. The first-order valence-corrected chi connectivity index (χ1v) is 6.50. The molecule has 0 aliphatic heterocycles. The van der Waals surface area contributed by atoms with Crippen LogP contribution in [0.25, 0.3) is 0 Å². The molecule has 2 aromatic rings. The van der Waals surface area contributed by atoms with E-state index in [4.69, 9.17) is 0 Å². The number of nitrogens with one attached hydrogen (secondary N) is 2. The van der Waals surface area contributed by atoms with Crippen LogP contribution in [0.5, 0.6) is 0 Å². The van der Waals surface area contributed by atoms with Gasteiger partial charge in [0.25, 0.3) is 0 Å². The molecule has 20 heavy (non-hydrogen) atoms. The number of aliphatic hydroxyl groups excluding tert-OH is 1. The lowest BCUT2D eigenvalue weighted by molar-refractivity contribution is 0.216. The number of aromatic nitrogens is 1. The number of nitrogens with zero attached hydrogens (tertiary/aromatic N) is 1. The van der Waals surface area contributed by atoms with Gasteiger partial charge in [-0.05, 0) is 17.2 Å². The second-order valence-electron chi connectivity index (χ2n) is 4.66. The molecule has 0 spiro atoms. The van der Waals surface area contributed by atoms with Gasteiger partial charge in [0, 0.05) is 26.0 Å². The summed E-state index contributed by atoms with van der Waals surface area (Å²) in [5, 5.41) is 14.9. The molecule has 0 radical (unpaired) electrons. The van der Waals surface area contributed by atoms with Crippen molar-refractivity contribution in [2.75, 3.05) is 6.61 Å². The molecule has 0 aliphatic rings. The molecule has 0 saturated heterocycles. The first kappa shape index (κ1) is 14.1. The predicted octanol–water partition coefficient (Wildman–Crippen LogP) is 1.56. The van der Waals surface area contributed by atoms with E-state index in [1.54, 1.807) is 0 Å². The van der Waals surface area contributed by atoms with Crippen molar-refractivity contribution in [2.45, 2.75) is 12.6 Å². The molecular weight excluding hydrogens is 254 g/mol. The Morgan fingerprint density at radius 1 is 1.30 bits per heavy atom. The third-order valence-corrected chi connectivity index (χ3v) is 3.04. The lowest BCUT2D eigenvalue weighted by atomic mass is 10.1. The molecule has 2 amide bonds. The standard InChI is InChI=1S/C15H19N3O2/c1-18-8-7-12(10-18)9-16-15(20)17-14(11-19)13-5-3-2-4-6-13/h2-8,10,14,19H,9,11H2,1H3,(H2,16,17,20). The molecule has 1 unspecified atom stereocenters. The number of benzene rings is 1. The summed E-state index contributed by atoms with van der Waals surface area (Å²) < 4.78 is 1.93. The number of carbonyl (C=O) groups excluding carboxylic acids is 1. The molecule has 2 rings (SSSR count). The van der Waals surface area contributed by atoms with Crippen molar-refractivity contribution in [1.82, 2.24) is 15.2 Å². The molecule has 1 heterocycles. The van der Waals surface area contributed by atoms with Crippen molar-refractivity contribution < 1.29 is 9.90 Å². The first-order valence-electron chi connectivity index (χ1n) is 6.50. The van der Waals surface area contributed by atoms with E-state index in [2.05, 4.69) is 10.6 Å². The van der Waals surface area contributed by atoms with E-state index < -0.39 is 6.04 Å². The third-order valence-electron chi connectivity index (χ3n) is 3.04. The van der Waals surface area contributed by atoms with Crippen molar-refractivity contribution in [3.05, 3.63) is 59.9 Å².